The van der Waals surface area contributed by atoms with Gasteiger partial charge in [-0.3, -0.25) is 0 Å². The molecule has 0 aliphatic rings. The lowest BCUT2D eigenvalue weighted by atomic mass is 10.1. The number of hydrogen-bond acceptors (Lipinski definition) is 1. The van der Waals surface area contributed by atoms with E-state index in [1.54, 1.807) is 0 Å². The van der Waals surface area contributed by atoms with Crippen LogP contribution < -0.4 is 0 Å². The molecule has 0 saturated heterocycles. The van der Waals surface area contributed by atoms with Crippen molar-refractivity contribution in [3.63, 3.8) is 0 Å². The standard InChI is InChI=1S/C11H18O/c1-2-3-4-5-6-7-8-9-10-11-12/h2-5,11H,6-10H2,1H3/b3-2+,5-4+. The van der Waals surface area contributed by atoms with Gasteiger partial charge in [0, 0.05) is 6.42 Å². The van der Waals surface area contributed by atoms with Crippen molar-refractivity contribution in [3.8, 4) is 0 Å². The van der Waals surface area contributed by atoms with Crippen LogP contribution in [-0.2, 0) is 4.79 Å². The third kappa shape index (κ3) is 9.15. The summed E-state index contributed by atoms with van der Waals surface area (Å²) in [6, 6.07) is 0. The number of hydrogen-bond donors (Lipinski definition) is 0. The lowest BCUT2D eigenvalue weighted by molar-refractivity contribution is -0.107. The van der Waals surface area contributed by atoms with Gasteiger partial charge in [0.15, 0.2) is 0 Å². The molecule has 0 aromatic carbocycles. The molecule has 0 radical (unpaired) electrons. The number of allylic oxidation sites excluding steroid dienone is 4. The molecule has 0 N–H and O–H groups in total. The second-order valence-corrected chi connectivity index (χ2v) is 2.76. The Balaban J connectivity index is 3.04. The molecule has 0 atom stereocenters. The van der Waals surface area contributed by atoms with Crippen LogP contribution in [-0.4, -0.2) is 6.29 Å². The van der Waals surface area contributed by atoms with E-state index in [-0.39, 0.29) is 0 Å². The van der Waals surface area contributed by atoms with E-state index in [9.17, 15) is 4.79 Å². The highest BCUT2D eigenvalue weighted by Crippen LogP contribution is 2.02. The molecular formula is C11H18O. The van der Waals surface area contributed by atoms with Crippen LogP contribution in [0.4, 0.5) is 0 Å². The van der Waals surface area contributed by atoms with Crippen LogP contribution in [0.1, 0.15) is 39.0 Å². The molecule has 68 valence electrons. The van der Waals surface area contributed by atoms with E-state index < -0.39 is 0 Å². The van der Waals surface area contributed by atoms with E-state index in [1.807, 2.05) is 19.1 Å². The van der Waals surface area contributed by atoms with Gasteiger partial charge in [-0.25, -0.2) is 0 Å². The van der Waals surface area contributed by atoms with Gasteiger partial charge in [-0.05, 0) is 26.2 Å². The first-order valence-corrected chi connectivity index (χ1v) is 4.63. The number of unbranched alkanes of at least 4 members (excludes halogenated alkanes) is 4. The van der Waals surface area contributed by atoms with Gasteiger partial charge in [0.25, 0.3) is 0 Å². The van der Waals surface area contributed by atoms with Crippen molar-refractivity contribution in [1.29, 1.82) is 0 Å². The summed E-state index contributed by atoms with van der Waals surface area (Å²) in [7, 11) is 0. The molecule has 0 unspecified atom stereocenters. The maximum Gasteiger partial charge on any atom is 0.119 e. The van der Waals surface area contributed by atoms with E-state index in [0.717, 1.165) is 25.5 Å². The third-order valence-corrected chi connectivity index (χ3v) is 1.63. The molecule has 0 aliphatic carbocycles. The molecule has 0 saturated carbocycles. The Morgan fingerprint density at radius 1 is 1.00 bits per heavy atom. The van der Waals surface area contributed by atoms with Crippen molar-refractivity contribution in [3.05, 3.63) is 24.3 Å². The van der Waals surface area contributed by atoms with Crippen molar-refractivity contribution in [2.45, 2.75) is 39.0 Å². The highest BCUT2D eigenvalue weighted by Gasteiger charge is 1.85. The molecule has 12 heavy (non-hydrogen) atoms. The van der Waals surface area contributed by atoms with E-state index >= 15 is 0 Å². The van der Waals surface area contributed by atoms with Crippen LogP contribution in [0.2, 0.25) is 0 Å². The van der Waals surface area contributed by atoms with Crippen LogP contribution in [0.25, 0.3) is 0 Å². The van der Waals surface area contributed by atoms with Crippen LogP contribution in [0, 0.1) is 0 Å². The highest BCUT2D eigenvalue weighted by molar-refractivity contribution is 5.48. The normalized spacial score (nSPS) is 11.4. The van der Waals surface area contributed by atoms with E-state index in [2.05, 4.69) is 12.2 Å². The molecule has 0 amide bonds. The molecule has 1 nitrogen and oxygen atoms in total. The fourth-order valence-corrected chi connectivity index (χ4v) is 0.953. The second kappa shape index (κ2) is 10.2. The Bertz CT molecular complexity index is 145. The zero-order chi connectivity index (χ0) is 9.07. The Morgan fingerprint density at radius 2 is 1.75 bits per heavy atom. The number of aldehydes is 1. The Kier molecular flexibility index (Phi) is 9.43. The van der Waals surface area contributed by atoms with Crippen LogP contribution in [0.3, 0.4) is 0 Å². The molecule has 0 heterocycles. The highest BCUT2D eigenvalue weighted by atomic mass is 16.1. The summed E-state index contributed by atoms with van der Waals surface area (Å²) in [5.74, 6) is 0. The van der Waals surface area contributed by atoms with Crippen molar-refractivity contribution >= 4 is 6.29 Å². The number of carbonyl (C=O) groups excluding carboxylic acids is 1. The Labute approximate surface area is 75.2 Å². The van der Waals surface area contributed by atoms with Gasteiger partial charge in [0.05, 0.1) is 0 Å². The topological polar surface area (TPSA) is 17.1 Å². The van der Waals surface area contributed by atoms with Gasteiger partial charge in [0.2, 0.25) is 0 Å². The van der Waals surface area contributed by atoms with Gasteiger partial charge in [-0.15, -0.1) is 0 Å². The largest absolute Gasteiger partial charge is 0.303 e. The zero-order valence-electron chi connectivity index (χ0n) is 7.83. The maximum atomic E-state index is 9.96. The zero-order valence-corrected chi connectivity index (χ0v) is 7.83. The lowest BCUT2D eigenvalue weighted by Crippen LogP contribution is -1.77. The quantitative estimate of drug-likeness (QED) is 0.322. The fourth-order valence-electron chi connectivity index (χ4n) is 0.953. The monoisotopic (exact) mass is 166 g/mol. The van der Waals surface area contributed by atoms with Crippen molar-refractivity contribution in [2.75, 3.05) is 0 Å². The first kappa shape index (κ1) is 11.2. The van der Waals surface area contributed by atoms with Crippen molar-refractivity contribution in [1.82, 2.24) is 0 Å². The smallest absolute Gasteiger partial charge is 0.119 e. The van der Waals surface area contributed by atoms with E-state index in [4.69, 9.17) is 0 Å². The summed E-state index contributed by atoms with van der Waals surface area (Å²) in [4.78, 5) is 9.96. The average Bonchev–Trinajstić information content (AvgIpc) is 2.10. The minimum atomic E-state index is 0.721. The fraction of sp³-hybridized carbons (Fsp3) is 0.545. The third-order valence-electron chi connectivity index (χ3n) is 1.63. The molecule has 0 rings (SSSR count). The van der Waals surface area contributed by atoms with Crippen LogP contribution in [0.15, 0.2) is 24.3 Å². The summed E-state index contributed by atoms with van der Waals surface area (Å²) in [5.41, 5.74) is 0. The Morgan fingerprint density at radius 3 is 2.42 bits per heavy atom. The van der Waals surface area contributed by atoms with Crippen molar-refractivity contribution in [2.24, 2.45) is 0 Å². The average molecular weight is 166 g/mol. The number of carbonyl (C=O) groups is 1. The van der Waals surface area contributed by atoms with E-state index in [0.29, 0.717) is 0 Å². The summed E-state index contributed by atoms with van der Waals surface area (Å²) < 4.78 is 0. The van der Waals surface area contributed by atoms with Gasteiger partial charge in [-0.1, -0.05) is 30.7 Å². The van der Waals surface area contributed by atoms with Gasteiger partial charge in [0.1, 0.15) is 6.29 Å². The SMILES string of the molecule is C/C=C/C=C/CCCCCC=O. The lowest BCUT2D eigenvalue weighted by Gasteiger charge is -1.92. The minimum Gasteiger partial charge on any atom is -0.303 e. The Hall–Kier alpha value is -0.850. The molecule has 1 heteroatoms. The van der Waals surface area contributed by atoms with Crippen molar-refractivity contribution < 1.29 is 4.79 Å². The minimum absolute atomic E-state index is 0.721. The predicted octanol–water partition coefficient (Wildman–Crippen LogP) is 3.27. The van der Waals surface area contributed by atoms with Gasteiger partial charge in [-0.2, -0.15) is 0 Å². The summed E-state index contributed by atoms with van der Waals surface area (Å²) in [6.45, 7) is 2.01. The maximum absolute atomic E-state index is 9.96. The first-order chi connectivity index (χ1) is 5.91. The number of rotatable bonds is 7. The van der Waals surface area contributed by atoms with Crippen LogP contribution in [0.5, 0.6) is 0 Å². The summed E-state index contributed by atoms with van der Waals surface area (Å²) in [6.07, 6.45) is 14.5. The van der Waals surface area contributed by atoms with Crippen LogP contribution >= 0.6 is 0 Å². The molecule has 0 fully saturated rings. The molecule has 0 aromatic heterocycles. The predicted molar refractivity (Wildman–Crippen MR) is 53.1 cm³/mol. The van der Waals surface area contributed by atoms with Gasteiger partial charge >= 0.3 is 0 Å². The van der Waals surface area contributed by atoms with E-state index in [1.165, 1.54) is 12.8 Å². The second-order valence-electron chi connectivity index (χ2n) is 2.76. The molecule has 0 bridgehead atoms. The summed E-state index contributed by atoms with van der Waals surface area (Å²) in [5, 5.41) is 0. The molecular weight excluding hydrogens is 148 g/mol. The first-order valence-electron chi connectivity index (χ1n) is 4.63. The molecule has 0 aliphatic heterocycles. The van der Waals surface area contributed by atoms with Gasteiger partial charge < -0.3 is 4.79 Å². The summed E-state index contributed by atoms with van der Waals surface area (Å²) >= 11 is 0. The molecule has 0 aromatic rings. The molecule has 0 spiro atoms.